The van der Waals surface area contributed by atoms with Crippen molar-refractivity contribution in [2.24, 2.45) is 11.8 Å². The van der Waals surface area contributed by atoms with Crippen molar-refractivity contribution >= 4 is 23.8 Å². The molecule has 0 unspecified atom stereocenters. The third kappa shape index (κ3) is 2.06. The molecule has 0 saturated heterocycles. The Morgan fingerprint density at radius 1 is 1.05 bits per heavy atom. The van der Waals surface area contributed by atoms with Gasteiger partial charge in [-0.2, -0.15) is 0 Å². The van der Waals surface area contributed by atoms with Crippen LogP contribution in [0.15, 0.2) is 24.3 Å². The Balaban J connectivity index is 1.70. The van der Waals surface area contributed by atoms with Crippen molar-refractivity contribution in [3.63, 3.8) is 0 Å². The molecular formula is C14H11NO6. The van der Waals surface area contributed by atoms with Crippen LogP contribution in [-0.2, 0) is 19.2 Å². The monoisotopic (exact) mass is 289 g/mol. The predicted octanol–water partition coefficient (Wildman–Crippen LogP) is 0.550. The Bertz CT molecular complexity index is 632. The Morgan fingerprint density at radius 2 is 1.57 bits per heavy atom. The molecule has 108 valence electrons. The lowest BCUT2D eigenvalue weighted by Gasteiger charge is -2.12. The summed E-state index contributed by atoms with van der Waals surface area (Å²) in [7, 11) is 1.23. The largest absolute Gasteiger partial charge is 0.469 e. The number of hydroxylamine groups is 2. The fraction of sp³-hybridized carbons (Fsp3) is 0.286. The van der Waals surface area contributed by atoms with E-state index in [1.807, 2.05) is 0 Å². The molecule has 3 rings (SSSR count). The van der Waals surface area contributed by atoms with Gasteiger partial charge in [0, 0.05) is 0 Å². The maximum Gasteiger partial charge on any atom is 0.337 e. The van der Waals surface area contributed by atoms with Crippen LogP contribution < -0.4 is 0 Å². The van der Waals surface area contributed by atoms with Crippen molar-refractivity contribution in [1.82, 2.24) is 5.06 Å². The first-order valence-electron chi connectivity index (χ1n) is 6.32. The topological polar surface area (TPSA) is 90.0 Å². The van der Waals surface area contributed by atoms with Crippen molar-refractivity contribution in [2.75, 3.05) is 7.11 Å². The fourth-order valence-electron chi connectivity index (χ4n) is 2.28. The van der Waals surface area contributed by atoms with E-state index in [0.29, 0.717) is 11.5 Å². The minimum atomic E-state index is -0.778. The van der Waals surface area contributed by atoms with E-state index in [1.54, 1.807) is 12.1 Å². The molecule has 1 aliphatic carbocycles. The second-order valence-electron chi connectivity index (χ2n) is 4.83. The van der Waals surface area contributed by atoms with E-state index in [1.165, 1.54) is 19.2 Å². The number of carbonyl (C=O) groups is 4. The molecular weight excluding hydrogens is 278 g/mol. The Hall–Kier alpha value is -2.70. The first kappa shape index (κ1) is 13.3. The van der Waals surface area contributed by atoms with Gasteiger partial charge >= 0.3 is 11.9 Å². The molecule has 7 nitrogen and oxygen atoms in total. The van der Waals surface area contributed by atoms with Gasteiger partial charge in [-0.3, -0.25) is 14.4 Å². The summed E-state index contributed by atoms with van der Waals surface area (Å²) in [4.78, 5) is 52.0. The molecule has 0 aromatic heterocycles. The van der Waals surface area contributed by atoms with Gasteiger partial charge in [-0.05, 0) is 18.6 Å². The van der Waals surface area contributed by atoms with E-state index in [-0.39, 0.29) is 11.1 Å². The van der Waals surface area contributed by atoms with Crippen LogP contribution in [0.1, 0.15) is 27.1 Å². The van der Waals surface area contributed by atoms with Crippen LogP contribution in [0.4, 0.5) is 0 Å². The number of ether oxygens (including phenoxy) is 1. The third-order valence-corrected chi connectivity index (χ3v) is 3.54. The summed E-state index contributed by atoms with van der Waals surface area (Å²) in [6, 6.07) is 6.20. The van der Waals surface area contributed by atoms with E-state index in [9.17, 15) is 19.2 Å². The molecule has 0 spiro atoms. The van der Waals surface area contributed by atoms with E-state index in [2.05, 4.69) is 4.74 Å². The van der Waals surface area contributed by atoms with Crippen molar-refractivity contribution < 1.29 is 28.8 Å². The standard InChI is InChI=1S/C14H11NO6/c1-20-13(18)9-6-10(9)14(19)21-15-11(16)7-4-2-3-5-8(7)12(15)17/h2-5,9-10H,6H2,1H3/t9-,10+/m1/s1. The maximum atomic E-state index is 12.0. The highest BCUT2D eigenvalue weighted by molar-refractivity contribution is 6.20. The Labute approximate surface area is 119 Å². The first-order chi connectivity index (χ1) is 10.0. The smallest absolute Gasteiger partial charge is 0.337 e. The normalized spacial score (nSPS) is 22.8. The number of methoxy groups -OCH3 is 1. The third-order valence-electron chi connectivity index (χ3n) is 3.54. The van der Waals surface area contributed by atoms with Crippen molar-refractivity contribution in [3.8, 4) is 0 Å². The lowest BCUT2D eigenvalue weighted by atomic mass is 10.1. The molecule has 0 radical (unpaired) electrons. The Morgan fingerprint density at radius 3 is 2.10 bits per heavy atom. The van der Waals surface area contributed by atoms with Crippen LogP contribution in [-0.4, -0.2) is 35.9 Å². The van der Waals surface area contributed by atoms with Crippen LogP contribution >= 0.6 is 0 Å². The number of amides is 2. The fourth-order valence-corrected chi connectivity index (χ4v) is 2.28. The minimum absolute atomic E-state index is 0.190. The second kappa shape index (κ2) is 4.69. The van der Waals surface area contributed by atoms with Crippen LogP contribution in [0.2, 0.25) is 0 Å². The number of fused-ring (bicyclic) bond motifs is 1. The molecule has 2 aliphatic rings. The van der Waals surface area contributed by atoms with Crippen molar-refractivity contribution in [2.45, 2.75) is 6.42 Å². The summed E-state index contributed by atoms with van der Waals surface area (Å²) in [5, 5.41) is 0.444. The zero-order chi connectivity index (χ0) is 15.1. The molecule has 2 amide bonds. The van der Waals surface area contributed by atoms with Gasteiger partial charge in [-0.15, -0.1) is 0 Å². The summed E-state index contributed by atoms with van der Waals surface area (Å²) in [5.41, 5.74) is 0.381. The second-order valence-corrected chi connectivity index (χ2v) is 4.83. The van der Waals surface area contributed by atoms with Crippen molar-refractivity contribution in [1.29, 1.82) is 0 Å². The van der Waals surface area contributed by atoms with Crippen molar-refractivity contribution in [3.05, 3.63) is 35.4 Å². The molecule has 1 aliphatic heterocycles. The zero-order valence-corrected chi connectivity index (χ0v) is 11.1. The van der Waals surface area contributed by atoms with E-state index < -0.39 is 35.6 Å². The van der Waals surface area contributed by atoms with E-state index in [4.69, 9.17) is 4.84 Å². The highest BCUT2D eigenvalue weighted by atomic mass is 16.7. The molecule has 1 heterocycles. The Kier molecular flexibility index (Phi) is 2.97. The number of esters is 1. The minimum Gasteiger partial charge on any atom is -0.469 e. The van der Waals surface area contributed by atoms with Gasteiger partial charge in [0.15, 0.2) is 0 Å². The predicted molar refractivity (Wildman–Crippen MR) is 66.6 cm³/mol. The van der Waals surface area contributed by atoms with Gasteiger partial charge in [0.25, 0.3) is 11.8 Å². The number of benzene rings is 1. The lowest BCUT2D eigenvalue weighted by molar-refractivity contribution is -0.171. The molecule has 1 aromatic carbocycles. The summed E-state index contributed by atoms with van der Waals surface area (Å²) < 4.78 is 4.52. The molecule has 1 fully saturated rings. The van der Waals surface area contributed by atoms with Gasteiger partial charge < -0.3 is 9.57 Å². The van der Waals surface area contributed by atoms with Gasteiger partial charge in [-0.25, -0.2) is 4.79 Å². The molecule has 7 heteroatoms. The number of imide groups is 1. The summed E-state index contributed by atoms with van der Waals surface area (Å²) >= 11 is 0. The SMILES string of the molecule is COC(=O)[C@@H]1C[C@@H]1C(=O)ON1C(=O)c2ccccc2C1=O. The van der Waals surface area contributed by atoms with Crippen LogP contribution in [0.3, 0.4) is 0 Å². The summed E-state index contributed by atoms with van der Waals surface area (Å²) in [5.74, 6) is -3.86. The quantitative estimate of drug-likeness (QED) is 0.596. The summed E-state index contributed by atoms with van der Waals surface area (Å²) in [6.45, 7) is 0. The highest BCUT2D eigenvalue weighted by Crippen LogP contribution is 2.40. The van der Waals surface area contributed by atoms with Crippen LogP contribution in [0.5, 0.6) is 0 Å². The molecule has 1 aromatic rings. The number of carbonyl (C=O) groups excluding carboxylic acids is 4. The van der Waals surface area contributed by atoms with Crippen LogP contribution in [0.25, 0.3) is 0 Å². The average molecular weight is 289 g/mol. The molecule has 2 atom stereocenters. The number of rotatable bonds is 3. The number of hydrogen-bond donors (Lipinski definition) is 0. The number of hydrogen-bond acceptors (Lipinski definition) is 6. The van der Waals surface area contributed by atoms with Gasteiger partial charge in [-0.1, -0.05) is 17.2 Å². The van der Waals surface area contributed by atoms with Crippen LogP contribution in [0, 0.1) is 11.8 Å². The molecule has 0 bridgehead atoms. The molecule has 1 saturated carbocycles. The maximum absolute atomic E-state index is 12.0. The number of nitrogens with zero attached hydrogens (tertiary/aromatic N) is 1. The molecule has 0 N–H and O–H groups in total. The molecule has 21 heavy (non-hydrogen) atoms. The average Bonchev–Trinajstić information content (AvgIpc) is 3.27. The lowest BCUT2D eigenvalue weighted by Crippen LogP contribution is -2.33. The van der Waals surface area contributed by atoms with Gasteiger partial charge in [0.2, 0.25) is 0 Å². The van der Waals surface area contributed by atoms with Gasteiger partial charge in [0.1, 0.15) is 0 Å². The zero-order valence-electron chi connectivity index (χ0n) is 11.1. The van der Waals surface area contributed by atoms with Gasteiger partial charge in [0.05, 0.1) is 30.1 Å². The van der Waals surface area contributed by atoms with E-state index in [0.717, 1.165) is 0 Å². The first-order valence-corrected chi connectivity index (χ1v) is 6.32. The summed E-state index contributed by atoms with van der Waals surface area (Å²) in [6.07, 6.45) is 0.300. The van der Waals surface area contributed by atoms with E-state index >= 15 is 0 Å². The highest BCUT2D eigenvalue weighted by Gasteiger charge is 2.52.